The van der Waals surface area contributed by atoms with E-state index in [0.29, 0.717) is 0 Å². The molecule has 0 radical (unpaired) electrons. The van der Waals surface area contributed by atoms with E-state index in [-0.39, 0.29) is 0 Å². The van der Waals surface area contributed by atoms with Gasteiger partial charge in [0.05, 0.1) is 10.8 Å². The summed E-state index contributed by atoms with van der Waals surface area (Å²) < 4.78 is 0. The van der Waals surface area contributed by atoms with E-state index in [1.54, 1.807) is 0 Å². The molecule has 16 rings (SSSR count). The fourth-order valence-corrected chi connectivity index (χ4v) is 14.2. The van der Waals surface area contributed by atoms with E-state index in [1.807, 2.05) is 0 Å². The SMILES string of the molecule is c1ccc(C2(c3ccccc3)c3ccccc3-c3ccc(N(c4ccc5c(c4)-c4ccccc4-c4ccccc4-c4ccccc4-5)c4ccc5c(c4)C4(c6ccccc6-c6ccccc64)c4ccccc4-5)cc32)cc1. The first-order valence-corrected chi connectivity index (χ1v) is 26.2. The van der Waals surface area contributed by atoms with Gasteiger partial charge in [-0.3, -0.25) is 0 Å². The molecular formula is C74H47N. The van der Waals surface area contributed by atoms with Gasteiger partial charge in [-0.15, -0.1) is 0 Å². The first-order chi connectivity index (χ1) is 37.2. The van der Waals surface area contributed by atoms with Gasteiger partial charge in [-0.2, -0.15) is 0 Å². The van der Waals surface area contributed by atoms with E-state index < -0.39 is 10.8 Å². The van der Waals surface area contributed by atoms with E-state index in [2.05, 4.69) is 290 Å². The summed E-state index contributed by atoms with van der Waals surface area (Å²) in [4.78, 5) is 2.55. The van der Waals surface area contributed by atoms with Crippen LogP contribution >= 0.6 is 0 Å². The van der Waals surface area contributed by atoms with Crippen molar-refractivity contribution < 1.29 is 0 Å². The van der Waals surface area contributed by atoms with Crippen LogP contribution in [-0.4, -0.2) is 0 Å². The normalized spacial score (nSPS) is 13.8. The van der Waals surface area contributed by atoms with Crippen LogP contribution in [0, 0.1) is 0 Å². The van der Waals surface area contributed by atoms with Crippen molar-refractivity contribution in [1.82, 2.24) is 0 Å². The van der Waals surface area contributed by atoms with E-state index in [9.17, 15) is 0 Å². The van der Waals surface area contributed by atoms with Crippen molar-refractivity contribution >= 4 is 17.1 Å². The van der Waals surface area contributed by atoms with Crippen LogP contribution in [0.2, 0.25) is 0 Å². The van der Waals surface area contributed by atoms with Gasteiger partial charge in [0.2, 0.25) is 0 Å². The summed E-state index contributed by atoms with van der Waals surface area (Å²) in [5, 5.41) is 0. The van der Waals surface area contributed by atoms with Gasteiger partial charge < -0.3 is 4.90 Å². The summed E-state index contributed by atoms with van der Waals surface area (Å²) in [7, 11) is 0. The third kappa shape index (κ3) is 5.67. The number of nitrogens with zero attached hydrogens (tertiary/aromatic N) is 1. The molecule has 0 amide bonds. The van der Waals surface area contributed by atoms with E-state index in [0.717, 1.165) is 17.1 Å². The van der Waals surface area contributed by atoms with Gasteiger partial charge in [0.15, 0.2) is 0 Å². The predicted molar refractivity (Wildman–Crippen MR) is 310 cm³/mol. The van der Waals surface area contributed by atoms with E-state index in [1.165, 1.54) is 122 Å². The molecule has 4 aliphatic carbocycles. The molecule has 1 spiro atoms. The zero-order valence-electron chi connectivity index (χ0n) is 41.1. The molecule has 0 saturated carbocycles. The molecule has 348 valence electrons. The van der Waals surface area contributed by atoms with E-state index >= 15 is 0 Å². The molecular weight excluding hydrogens is 903 g/mol. The van der Waals surface area contributed by atoms with Crippen LogP contribution in [0.15, 0.2) is 285 Å². The van der Waals surface area contributed by atoms with Crippen LogP contribution in [0.5, 0.6) is 0 Å². The lowest BCUT2D eigenvalue weighted by molar-refractivity contribution is 0.768. The Morgan fingerprint density at radius 1 is 0.173 bits per heavy atom. The summed E-state index contributed by atoms with van der Waals surface area (Å²) in [5.74, 6) is 0. The number of fused-ring (bicyclic) bond motifs is 21. The molecule has 0 unspecified atom stereocenters. The Morgan fingerprint density at radius 2 is 0.427 bits per heavy atom. The second-order valence-electron chi connectivity index (χ2n) is 20.6. The average molecular weight is 950 g/mol. The van der Waals surface area contributed by atoms with Gasteiger partial charge in [-0.25, -0.2) is 0 Å². The Labute approximate surface area is 438 Å². The Morgan fingerprint density at radius 3 is 0.813 bits per heavy atom. The second-order valence-corrected chi connectivity index (χ2v) is 20.6. The molecule has 0 saturated heterocycles. The molecule has 0 bridgehead atoms. The summed E-state index contributed by atoms with van der Waals surface area (Å²) in [6.07, 6.45) is 0. The molecule has 12 aromatic carbocycles. The lowest BCUT2D eigenvalue weighted by Gasteiger charge is -2.35. The number of hydrogen-bond donors (Lipinski definition) is 0. The zero-order chi connectivity index (χ0) is 49.2. The summed E-state index contributed by atoms with van der Waals surface area (Å²) >= 11 is 0. The highest BCUT2D eigenvalue weighted by molar-refractivity contribution is 6.05. The smallest absolute Gasteiger partial charge is 0.0726 e. The molecule has 75 heavy (non-hydrogen) atoms. The first kappa shape index (κ1) is 42.0. The Hall–Kier alpha value is -9.56. The van der Waals surface area contributed by atoms with Crippen molar-refractivity contribution in [2.75, 3.05) is 4.90 Å². The minimum Gasteiger partial charge on any atom is -0.310 e. The number of hydrogen-bond acceptors (Lipinski definition) is 1. The monoisotopic (exact) mass is 949 g/mol. The third-order valence-corrected chi connectivity index (χ3v) is 17.1. The van der Waals surface area contributed by atoms with Crippen LogP contribution in [0.3, 0.4) is 0 Å². The minimum atomic E-state index is -0.570. The zero-order valence-corrected chi connectivity index (χ0v) is 41.1. The molecule has 0 aliphatic heterocycles. The van der Waals surface area contributed by atoms with Crippen LogP contribution < -0.4 is 4.90 Å². The molecule has 1 nitrogen and oxygen atoms in total. The fraction of sp³-hybridized carbons (Fsp3) is 0.0270. The van der Waals surface area contributed by atoms with Crippen molar-refractivity contribution in [3.63, 3.8) is 0 Å². The van der Waals surface area contributed by atoms with Crippen LogP contribution in [0.1, 0.15) is 44.5 Å². The maximum atomic E-state index is 2.55. The van der Waals surface area contributed by atoms with Crippen molar-refractivity contribution in [2.45, 2.75) is 10.8 Å². The molecule has 0 aromatic heterocycles. The summed E-state index contributed by atoms with van der Waals surface area (Å²) in [6, 6.07) is 107. The van der Waals surface area contributed by atoms with Crippen molar-refractivity contribution in [2.24, 2.45) is 0 Å². The largest absolute Gasteiger partial charge is 0.310 e. The Kier molecular flexibility index (Phi) is 8.94. The minimum absolute atomic E-state index is 0.502. The van der Waals surface area contributed by atoms with E-state index in [4.69, 9.17) is 0 Å². The van der Waals surface area contributed by atoms with Gasteiger partial charge in [-0.1, -0.05) is 249 Å². The van der Waals surface area contributed by atoms with Crippen molar-refractivity contribution in [3.05, 3.63) is 330 Å². The summed E-state index contributed by atoms with van der Waals surface area (Å²) in [6.45, 7) is 0. The highest BCUT2D eigenvalue weighted by atomic mass is 15.1. The van der Waals surface area contributed by atoms with Crippen LogP contribution in [0.4, 0.5) is 17.1 Å². The highest BCUT2D eigenvalue weighted by Gasteiger charge is 2.52. The lowest BCUT2D eigenvalue weighted by atomic mass is 9.67. The average Bonchev–Trinajstić information content (AvgIpc) is 4.25. The Bertz CT molecular complexity index is 4100. The van der Waals surface area contributed by atoms with Crippen LogP contribution in [0.25, 0.3) is 77.9 Å². The van der Waals surface area contributed by atoms with Gasteiger partial charge in [-0.05, 0) is 159 Å². The van der Waals surface area contributed by atoms with Gasteiger partial charge in [0.25, 0.3) is 0 Å². The van der Waals surface area contributed by atoms with Crippen molar-refractivity contribution in [1.29, 1.82) is 0 Å². The van der Waals surface area contributed by atoms with Crippen LogP contribution in [-0.2, 0) is 10.8 Å². The lowest BCUT2D eigenvalue weighted by Crippen LogP contribution is -2.28. The number of rotatable bonds is 5. The topological polar surface area (TPSA) is 3.24 Å². The number of benzene rings is 12. The first-order valence-electron chi connectivity index (χ1n) is 26.2. The fourth-order valence-electron chi connectivity index (χ4n) is 14.2. The maximum absolute atomic E-state index is 2.55. The van der Waals surface area contributed by atoms with Gasteiger partial charge >= 0.3 is 0 Å². The molecule has 0 heterocycles. The number of anilines is 3. The molecule has 0 fully saturated rings. The molecule has 4 aliphatic rings. The standard InChI is InChI=1S/C74H47N/c1-3-21-48(22-4-1)73(49-23-5-2-6-24-49)67-35-17-13-33-62(67)64-43-40-51(46-71(64)73)75(50-39-42-59-57-29-10-9-27-55(57)53-25-7-8-26-54(53)56-28-11-12-30-58(56)66(59)45-50)52-41-44-65-63-34-16-20-38-70(63)74(72(65)47-52)68-36-18-14-31-60(68)61-32-15-19-37-69(61)74/h1-47H. The quantitative estimate of drug-likeness (QED) is 0.166. The molecule has 12 aromatic rings. The molecule has 0 atom stereocenters. The molecule has 0 N–H and O–H groups in total. The van der Waals surface area contributed by atoms with Gasteiger partial charge in [0.1, 0.15) is 0 Å². The third-order valence-electron chi connectivity index (χ3n) is 17.1. The maximum Gasteiger partial charge on any atom is 0.0726 e. The summed E-state index contributed by atoms with van der Waals surface area (Å²) in [5.41, 5.74) is 30.1. The highest BCUT2D eigenvalue weighted by Crippen LogP contribution is 2.64. The predicted octanol–water partition coefficient (Wildman–Crippen LogP) is 18.8. The second kappa shape index (κ2) is 16.0. The Balaban J connectivity index is 0.997. The van der Waals surface area contributed by atoms with Gasteiger partial charge in [0, 0.05) is 17.1 Å². The van der Waals surface area contributed by atoms with Crippen molar-refractivity contribution in [3.8, 4) is 77.9 Å². The molecule has 1 heteroatoms.